The van der Waals surface area contributed by atoms with E-state index in [1.165, 1.54) is 0 Å². The van der Waals surface area contributed by atoms with Gasteiger partial charge in [0.25, 0.3) is 5.91 Å². The molecule has 1 amide bonds. The standard InChI is InChI=1S/C21H23N3O4/c1-3-14-7-10-18(28-13-19(23)25)17(11-14)21(4-2,20(26)27)24-16-8-5-15(12-22)6-9-16/h5-11,24H,3-4,13H2,1-2H3,(H2,23,25)(H,26,27). The highest BCUT2D eigenvalue weighted by Crippen LogP contribution is 2.37. The minimum atomic E-state index is -1.49. The molecule has 2 aromatic rings. The van der Waals surface area contributed by atoms with Crippen molar-refractivity contribution in [2.24, 2.45) is 5.73 Å². The molecule has 0 aliphatic carbocycles. The zero-order valence-corrected chi connectivity index (χ0v) is 15.9. The van der Waals surface area contributed by atoms with Crippen molar-refractivity contribution < 1.29 is 19.4 Å². The predicted molar refractivity (Wildman–Crippen MR) is 105 cm³/mol. The lowest BCUT2D eigenvalue weighted by molar-refractivity contribution is -0.142. The van der Waals surface area contributed by atoms with Gasteiger partial charge in [-0.1, -0.05) is 19.9 Å². The van der Waals surface area contributed by atoms with Crippen molar-refractivity contribution in [1.29, 1.82) is 5.26 Å². The maximum atomic E-state index is 12.4. The van der Waals surface area contributed by atoms with Gasteiger partial charge in [0.15, 0.2) is 12.1 Å². The number of nitrogens with zero attached hydrogens (tertiary/aromatic N) is 1. The zero-order valence-electron chi connectivity index (χ0n) is 15.9. The number of rotatable bonds is 9. The molecule has 28 heavy (non-hydrogen) atoms. The van der Waals surface area contributed by atoms with E-state index in [-0.39, 0.29) is 18.8 Å². The number of aryl methyl sites for hydroxylation is 1. The Labute approximate surface area is 163 Å². The average molecular weight is 381 g/mol. The topological polar surface area (TPSA) is 125 Å². The van der Waals surface area contributed by atoms with Crippen LogP contribution in [0.5, 0.6) is 5.75 Å². The van der Waals surface area contributed by atoms with Gasteiger partial charge < -0.3 is 20.9 Å². The highest BCUT2D eigenvalue weighted by atomic mass is 16.5. The zero-order chi connectivity index (χ0) is 20.7. The van der Waals surface area contributed by atoms with Crippen molar-refractivity contribution in [2.75, 3.05) is 11.9 Å². The van der Waals surface area contributed by atoms with E-state index in [0.717, 1.165) is 5.56 Å². The molecule has 0 aromatic heterocycles. The monoisotopic (exact) mass is 381 g/mol. The Kier molecular flexibility index (Phi) is 6.61. The molecule has 7 nitrogen and oxygen atoms in total. The Morgan fingerprint density at radius 3 is 2.39 bits per heavy atom. The van der Waals surface area contributed by atoms with Crippen molar-refractivity contribution in [3.63, 3.8) is 0 Å². The second kappa shape index (κ2) is 8.91. The average Bonchev–Trinajstić information content (AvgIpc) is 2.70. The molecule has 4 N–H and O–H groups in total. The third-order valence-corrected chi connectivity index (χ3v) is 4.55. The Morgan fingerprint density at radius 1 is 1.21 bits per heavy atom. The van der Waals surface area contributed by atoms with Crippen LogP contribution in [0.1, 0.15) is 37.0 Å². The summed E-state index contributed by atoms with van der Waals surface area (Å²) >= 11 is 0. The van der Waals surface area contributed by atoms with Crippen LogP contribution in [-0.2, 0) is 21.5 Å². The quantitative estimate of drug-likeness (QED) is 0.613. The molecule has 2 rings (SSSR count). The Morgan fingerprint density at radius 2 is 1.89 bits per heavy atom. The van der Waals surface area contributed by atoms with E-state index in [1.807, 2.05) is 19.1 Å². The van der Waals surface area contributed by atoms with Gasteiger partial charge in [0.2, 0.25) is 0 Å². The third kappa shape index (κ3) is 4.41. The van der Waals surface area contributed by atoms with Crippen LogP contribution in [0.15, 0.2) is 42.5 Å². The highest BCUT2D eigenvalue weighted by Gasteiger charge is 2.41. The van der Waals surface area contributed by atoms with Gasteiger partial charge in [-0.3, -0.25) is 4.79 Å². The number of carbonyl (C=O) groups is 2. The smallest absolute Gasteiger partial charge is 0.334 e. The maximum Gasteiger partial charge on any atom is 0.334 e. The number of amides is 1. The van der Waals surface area contributed by atoms with Crippen LogP contribution in [0.25, 0.3) is 0 Å². The first-order valence-electron chi connectivity index (χ1n) is 8.92. The summed E-state index contributed by atoms with van der Waals surface area (Å²) in [7, 11) is 0. The van der Waals surface area contributed by atoms with Gasteiger partial charge in [0.05, 0.1) is 11.6 Å². The van der Waals surface area contributed by atoms with Gasteiger partial charge in [0, 0.05) is 11.3 Å². The highest BCUT2D eigenvalue weighted by molar-refractivity contribution is 5.86. The van der Waals surface area contributed by atoms with E-state index in [1.54, 1.807) is 43.3 Å². The molecular weight excluding hydrogens is 358 g/mol. The van der Waals surface area contributed by atoms with E-state index in [4.69, 9.17) is 15.7 Å². The van der Waals surface area contributed by atoms with Crippen LogP contribution in [0.4, 0.5) is 5.69 Å². The van der Waals surface area contributed by atoms with Gasteiger partial charge in [-0.05, 0) is 54.8 Å². The number of ether oxygens (including phenoxy) is 1. The van der Waals surface area contributed by atoms with E-state index < -0.39 is 17.4 Å². The second-order valence-electron chi connectivity index (χ2n) is 6.32. The summed E-state index contributed by atoms with van der Waals surface area (Å²) in [5.74, 6) is -1.46. The Bertz CT molecular complexity index is 903. The van der Waals surface area contributed by atoms with Gasteiger partial charge in [0.1, 0.15) is 5.75 Å². The van der Waals surface area contributed by atoms with Crippen LogP contribution in [0, 0.1) is 11.3 Å². The predicted octanol–water partition coefficient (Wildman–Crippen LogP) is 2.79. The SMILES string of the molecule is CCc1ccc(OCC(N)=O)c(C(CC)(Nc2ccc(C#N)cc2)C(=O)O)c1. The molecule has 0 saturated heterocycles. The summed E-state index contributed by atoms with van der Waals surface area (Å²) < 4.78 is 5.51. The van der Waals surface area contributed by atoms with E-state index in [9.17, 15) is 14.7 Å². The molecule has 0 fully saturated rings. The van der Waals surface area contributed by atoms with Gasteiger partial charge in [-0.15, -0.1) is 0 Å². The number of nitrogens with one attached hydrogen (secondary N) is 1. The molecule has 7 heteroatoms. The first-order chi connectivity index (χ1) is 13.4. The van der Waals surface area contributed by atoms with Crippen LogP contribution in [-0.4, -0.2) is 23.6 Å². The number of hydrogen-bond acceptors (Lipinski definition) is 5. The number of aliphatic carboxylic acids is 1. The number of carboxylic acids is 1. The van der Waals surface area contributed by atoms with E-state index in [0.29, 0.717) is 23.2 Å². The number of carboxylic acid groups (broad SMARTS) is 1. The summed E-state index contributed by atoms with van der Waals surface area (Å²) in [6, 6.07) is 13.8. The summed E-state index contributed by atoms with van der Waals surface area (Å²) in [4.78, 5) is 23.6. The van der Waals surface area contributed by atoms with Crippen LogP contribution < -0.4 is 15.8 Å². The lowest BCUT2D eigenvalue weighted by atomic mass is 9.84. The van der Waals surface area contributed by atoms with E-state index in [2.05, 4.69) is 5.32 Å². The molecular formula is C21H23N3O4. The van der Waals surface area contributed by atoms with Crippen molar-refractivity contribution in [1.82, 2.24) is 0 Å². The molecule has 0 aliphatic heterocycles. The maximum absolute atomic E-state index is 12.4. The van der Waals surface area contributed by atoms with Crippen LogP contribution in [0.2, 0.25) is 0 Å². The van der Waals surface area contributed by atoms with Crippen molar-refractivity contribution >= 4 is 17.6 Å². The fourth-order valence-corrected chi connectivity index (χ4v) is 2.95. The van der Waals surface area contributed by atoms with Gasteiger partial charge in [-0.2, -0.15) is 5.26 Å². The first kappa shape index (κ1) is 20.8. The molecule has 0 saturated carbocycles. The fourth-order valence-electron chi connectivity index (χ4n) is 2.95. The molecule has 0 aliphatic rings. The first-order valence-corrected chi connectivity index (χ1v) is 8.92. The number of anilines is 1. The Balaban J connectivity index is 2.57. The molecule has 0 heterocycles. The molecule has 0 spiro atoms. The van der Waals surface area contributed by atoms with Crippen molar-refractivity contribution in [2.45, 2.75) is 32.2 Å². The van der Waals surface area contributed by atoms with Crippen LogP contribution in [0.3, 0.4) is 0 Å². The number of hydrogen-bond donors (Lipinski definition) is 3. The molecule has 1 atom stereocenters. The summed E-state index contributed by atoms with van der Waals surface area (Å²) in [6.07, 6.45) is 0.918. The minimum Gasteiger partial charge on any atom is -0.483 e. The normalized spacial score (nSPS) is 12.5. The number of primary amides is 1. The van der Waals surface area contributed by atoms with Gasteiger partial charge >= 0.3 is 5.97 Å². The fraction of sp³-hybridized carbons (Fsp3) is 0.286. The minimum absolute atomic E-state index is 0.211. The number of nitriles is 1. The van der Waals surface area contributed by atoms with Crippen LogP contribution >= 0.6 is 0 Å². The number of benzene rings is 2. The van der Waals surface area contributed by atoms with Crippen molar-refractivity contribution in [3.8, 4) is 11.8 Å². The summed E-state index contributed by atoms with van der Waals surface area (Å²) in [5.41, 5.74) is 6.05. The molecule has 0 bridgehead atoms. The lowest BCUT2D eigenvalue weighted by Gasteiger charge is -2.33. The largest absolute Gasteiger partial charge is 0.483 e. The lowest BCUT2D eigenvalue weighted by Crippen LogP contribution is -2.43. The summed E-state index contributed by atoms with van der Waals surface area (Å²) in [5, 5.41) is 22.2. The van der Waals surface area contributed by atoms with Gasteiger partial charge in [-0.25, -0.2) is 4.79 Å². The van der Waals surface area contributed by atoms with Crippen molar-refractivity contribution in [3.05, 3.63) is 59.2 Å². The third-order valence-electron chi connectivity index (χ3n) is 4.55. The van der Waals surface area contributed by atoms with E-state index >= 15 is 0 Å². The molecule has 1 unspecified atom stereocenters. The summed E-state index contributed by atoms with van der Waals surface area (Å²) in [6.45, 7) is 3.36. The molecule has 2 aromatic carbocycles. The number of nitrogens with two attached hydrogens (primary N) is 1. The number of carbonyl (C=O) groups excluding carboxylic acids is 1. The second-order valence-corrected chi connectivity index (χ2v) is 6.32. The molecule has 146 valence electrons. The molecule has 0 radical (unpaired) electrons. The Hall–Kier alpha value is -3.53.